The Hall–Kier alpha value is -1.96. The summed E-state index contributed by atoms with van der Waals surface area (Å²) >= 11 is 0. The van der Waals surface area contributed by atoms with Crippen LogP contribution in [0.1, 0.15) is 12.5 Å². The van der Waals surface area contributed by atoms with Gasteiger partial charge in [0.15, 0.2) is 0 Å². The minimum Gasteiger partial charge on any atom is -0.506 e. The summed E-state index contributed by atoms with van der Waals surface area (Å²) < 4.78 is 0. The average Bonchev–Trinajstić information content (AvgIpc) is 2.33. The molecule has 0 aliphatic rings. The molecule has 0 saturated heterocycles. The first-order chi connectivity index (χ1) is 7.81. The lowest BCUT2D eigenvalue weighted by atomic mass is 10.1. The maximum Gasteiger partial charge on any atom is 0.139 e. The highest BCUT2D eigenvalue weighted by Gasteiger charge is 2.05. The Kier molecular flexibility index (Phi) is 3.10. The lowest BCUT2D eigenvalue weighted by Crippen LogP contribution is -1.95. The van der Waals surface area contributed by atoms with E-state index >= 15 is 0 Å². The quantitative estimate of drug-likeness (QED) is 0.762. The van der Waals surface area contributed by atoms with Gasteiger partial charge >= 0.3 is 0 Å². The van der Waals surface area contributed by atoms with E-state index in [1.54, 1.807) is 6.07 Å². The van der Waals surface area contributed by atoms with Gasteiger partial charge in [0.2, 0.25) is 0 Å². The molecule has 0 saturated carbocycles. The Balaban J connectivity index is 2.34. The van der Waals surface area contributed by atoms with E-state index in [4.69, 9.17) is 0 Å². The predicted molar refractivity (Wildman–Crippen MR) is 67.2 cm³/mol. The van der Waals surface area contributed by atoms with Crippen molar-refractivity contribution in [1.29, 1.82) is 0 Å². The highest BCUT2D eigenvalue weighted by Crippen LogP contribution is 2.30. The number of para-hydroxylation sites is 2. The third kappa shape index (κ3) is 2.16. The van der Waals surface area contributed by atoms with E-state index in [9.17, 15) is 5.11 Å². The van der Waals surface area contributed by atoms with E-state index in [1.165, 1.54) is 0 Å². The number of hydrogen-bond acceptors (Lipinski definition) is 2. The molecule has 0 heterocycles. The van der Waals surface area contributed by atoms with Crippen LogP contribution in [-0.4, -0.2) is 5.11 Å². The van der Waals surface area contributed by atoms with Crippen LogP contribution in [-0.2, 0) is 6.42 Å². The summed E-state index contributed by atoms with van der Waals surface area (Å²) in [5.41, 5.74) is 2.90. The van der Waals surface area contributed by atoms with Crippen LogP contribution in [0, 0.1) is 0 Å². The zero-order chi connectivity index (χ0) is 11.4. The molecule has 0 aromatic heterocycles. The normalized spacial score (nSPS) is 10.1. The van der Waals surface area contributed by atoms with Crippen molar-refractivity contribution in [3.63, 3.8) is 0 Å². The number of hydrogen-bond donors (Lipinski definition) is 2. The van der Waals surface area contributed by atoms with Gasteiger partial charge in [0, 0.05) is 5.69 Å². The first-order valence-electron chi connectivity index (χ1n) is 5.44. The molecule has 2 aromatic carbocycles. The number of nitrogens with one attached hydrogen (secondary N) is 1. The van der Waals surface area contributed by atoms with Gasteiger partial charge < -0.3 is 10.4 Å². The monoisotopic (exact) mass is 213 g/mol. The number of rotatable bonds is 3. The zero-order valence-electron chi connectivity index (χ0n) is 9.27. The molecule has 0 unspecified atom stereocenters. The summed E-state index contributed by atoms with van der Waals surface area (Å²) in [7, 11) is 0. The van der Waals surface area contributed by atoms with Gasteiger partial charge in [-0.1, -0.05) is 37.3 Å². The van der Waals surface area contributed by atoms with E-state index in [1.807, 2.05) is 42.5 Å². The van der Waals surface area contributed by atoms with E-state index in [0.29, 0.717) is 5.75 Å². The first-order valence-corrected chi connectivity index (χ1v) is 5.44. The second-order valence-corrected chi connectivity index (χ2v) is 3.66. The minimum absolute atomic E-state index is 0.295. The second kappa shape index (κ2) is 4.71. The molecule has 0 radical (unpaired) electrons. The molecule has 0 fully saturated rings. The van der Waals surface area contributed by atoms with Crippen molar-refractivity contribution in [2.75, 3.05) is 5.32 Å². The van der Waals surface area contributed by atoms with E-state index in [-0.39, 0.29) is 0 Å². The summed E-state index contributed by atoms with van der Waals surface area (Å²) in [6.07, 6.45) is 0.892. The van der Waals surface area contributed by atoms with Gasteiger partial charge in [-0.15, -0.1) is 0 Å². The number of phenolic OH excluding ortho intramolecular Hbond substituents is 1. The Bertz CT molecular complexity index is 465. The van der Waals surface area contributed by atoms with Crippen LogP contribution in [0.4, 0.5) is 11.4 Å². The van der Waals surface area contributed by atoms with Crippen LogP contribution in [0.25, 0.3) is 0 Å². The van der Waals surface area contributed by atoms with Crippen LogP contribution in [0.15, 0.2) is 48.5 Å². The number of aryl methyl sites for hydroxylation is 1. The molecule has 0 amide bonds. The fourth-order valence-electron chi connectivity index (χ4n) is 1.69. The van der Waals surface area contributed by atoms with Crippen molar-refractivity contribution in [3.05, 3.63) is 54.1 Å². The van der Waals surface area contributed by atoms with Gasteiger partial charge in [0.25, 0.3) is 0 Å². The smallest absolute Gasteiger partial charge is 0.139 e. The van der Waals surface area contributed by atoms with Gasteiger partial charge in [-0.3, -0.25) is 0 Å². The molecule has 0 aliphatic carbocycles. The lowest BCUT2D eigenvalue weighted by molar-refractivity contribution is 0.477. The zero-order valence-corrected chi connectivity index (χ0v) is 9.27. The molecule has 2 rings (SSSR count). The van der Waals surface area contributed by atoms with Crippen molar-refractivity contribution >= 4 is 11.4 Å². The fraction of sp³-hybridized carbons (Fsp3) is 0.143. The Morgan fingerprint density at radius 3 is 2.44 bits per heavy atom. The number of phenols is 1. The molecular formula is C14H15NO. The van der Waals surface area contributed by atoms with Crippen LogP contribution in [0.5, 0.6) is 5.75 Å². The topological polar surface area (TPSA) is 32.3 Å². The molecular weight excluding hydrogens is 198 g/mol. The van der Waals surface area contributed by atoms with Gasteiger partial charge in [-0.2, -0.15) is 0 Å². The highest BCUT2D eigenvalue weighted by molar-refractivity contribution is 5.69. The maximum atomic E-state index is 9.82. The van der Waals surface area contributed by atoms with Crippen LogP contribution in [0.2, 0.25) is 0 Å². The minimum atomic E-state index is 0.295. The third-order valence-electron chi connectivity index (χ3n) is 2.55. The van der Waals surface area contributed by atoms with Crippen molar-refractivity contribution in [2.24, 2.45) is 0 Å². The van der Waals surface area contributed by atoms with E-state index in [2.05, 4.69) is 12.2 Å². The van der Waals surface area contributed by atoms with Crippen LogP contribution in [0.3, 0.4) is 0 Å². The molecule has 0 aliphatic heterocycles. The van der Waals surface area contributed by atoms with Crippen molar-refractivity contribution < 1.29 is 5.11 Å². The van der Waals surface area contributed by atoms with Crippen LogP contribution < -0.4 is 5.32 Å². The summed E-state index contributed by atoms with van der Waals surface area (Å²) in [6, 6.07) is 15.4. The molecule has 16 heavy (non-hydrogen) atoms. The molecule has 0 spiro atoms. The summed E-state index contributed by atoms with van der Waals surface area (Å²) in [5, 5.41) is 13.1. The van der Waals surface area contributed by atoms with Crippen LogP contribution >= 0.6 is 0 Å². The summed E-state index contributed by atoms with van der Waals surface area (Å²) in [5.74, 6) is 0.295. The maximum absolute atomic E-state index is 9.82. The lowest BCUT2D eigenvalue weighted by Gasteiger charge is -2.12. The van der Waals surface area contributed by atoms with Crippen molar-refractivity contribution in [1.82, 2.24) is 0 Å². The van der Waals surface area contributed by atoms with Gasteiger partial charge in [0.05, 0.1) is 5.69 Å². The molecule has 2 heteroatoms. The van der Waals surface area contributed by atoms with Gasteiger partial charge in [-0.25, -0.2) is 0 Å². The molecule has 2 nitrogen and oxygen atoms in total. The molecule has 2 N–H and O–H groups in total. The SMILES string of the molecule is CCc1cccc(O)c1Nc1ccccc1. The Labute approximate surface area is 95.6 Å². The molecule has 0 bridgehead atoms. The Morgan fingerprint density at radius 1 is 1.00 bits per heavy atom. The number of aromatic hydroxyl groups is 1. The highest BCUT2D eigenvalue weighted by atomic mass is 16.3. The second-order valence-electron chi connectivity index (χ2n) is 3.66. The molecule has 0 atom stereocenters. The van der Waals surface area contributed by atoms with E-state index < -0.39 is 0 Å². The van der Waals surface area contributed by atoms with Crippen molar-refractivity contribution in [3.8, 4) is 5.75 Å². The fourth-order valence-corrected chi connectivity index (χ4v) is 1.69. The molecule has 82 valence electrons. The third-order valence-corrected chi connectivity index (χ3v) is 2.55. The molecule has 2 aromatic rings. The largest absolute Gasteiger partial charge is 0.506 e. The first kappa shape index (κ1) is 10.6. The predicted octanol–water partition coefficient (Wildman–Crippen LogP) is 3.70. The average molecular weight is 213 g/mol. The van der Waals surface area contributed by atoms with Crippen molar-refractivity contribution in [2.45, 2.75) is 13.3 Å². The Morgan fingerprint density at radius 2 is 1.75 bits per heavy atom. The van der Waals surface area contributed by atoms with Gasteiger partial charge in [0.1, 0.15) is 5.75 Å². The van der Waals surface area contributed by atoms with E-state index in [0.717, 1.165) is 23.4 Å². The number of benzene rings is 2. The number of anilines is 2. The summed E-state index contributed by atoms with van der Waals surface area (Å²) in [6.45, 7) is 2.07. The standard InChI is InChI=1S/C14H15NO/c1-2-11-7-6-10-13(16)14(11)15-12-8-4-3-5-9-12/h3-10,15-16H,2H2,1H3. The van der Waals surface area contributed by atoms with Gasteiger partial charge in [-0.05, 0) is 30.2 Å². The summed E-state index contributed by atoms with van der Waals surface area (Å²) in [4.78, 5) is 0.